The zero-order valence-corrected chi connectivity index (χ0v) is 15.1. The highest BCUT2D eigenvalue weighted by Gasteiger charge is 2.04. The SMILES string of the molecule is CCCCCCNC(N)=NCC(O)Cc1ccccc1.I. The van der Waals surface area contributed by atoms with E-state index in [0.29, 0.717) is 18.9 Å². The largest absolute Gasteiger partial charge is 0.391 e. The highest BCUT2D eigenvalue weighted by molar-refractivity contribution is 14.0. The molecule has 0 aliphatic heterocycles. The van der Waals surface area contributed by atoms with Crippen LogP contribution < -0.4 is 11.1 Å². The Kier molecular flexibility index (Phi) is 12.4. The van der Waals surface area contributed by atoms with Crippen LogP contribution in [0.25, 0.3) is 0 Å². The van der Waals surface area contributed by atoms with Gasteiger partial charge in [0, 0.05) is 13.0 Å². The molecule has 0 aromatic heterocycles. The van der Waals surface area contributed by atoms with Gasteiger partial charge in [-0.1, -0.05) is 56.5 Å². The fraction of sp³-hybridized carbons (Fsp3) is 0.562. The summed E-state index contributed by atoms with van der Waals surface area (Å²) in [6, 6.07) is 9.91. The Hall–Kier alpha value is -0.820. The second-order valence-corrected chi connectivity index (χ2v) is 5.06. The summed E-state index contributed by atoms with van der Waals surface area (Å²) in [4.78, 5) is 4.17. The number of hydrogen-bond acceptors (Lipinski definition) is 2. The van der Waals surface area contributed by atoms with E-state index in [1.165, 1.54) is 19.3 Å². The Balaban J connectivity index is 0.00000400. The van der Waals surface area contributed by atoms with Gasteiger partial charge >= 0.3 is 0 Å². The van der Waals surface area contributed by atoms with Gasteiger partial charge in [-0.25, -0.2) is 0 Å². The number of nitrogens with zero attached hydrogens (tertiary/aromatic N) is 1. The summed E-state index contributed by atoms with van der Waals surface area (Å²) in [5.41, 5.74) is 6.87. The van der Waals surface area contributed by atoms with E-state index in [2.05, 4.69) is 17.2 Å². The third-order valence-electron chi connectivity index (χ3n) is 3.12. The summed E-state index contributed by atoms with van der Waals surface area (Å²) in [7, 11) is 0. The average molecular weight is 405 g/mol. The lowest BCUT2D eigenvalue weighted by molar-refractivity contribution is 0.184. The first-order chi connectivity index (χ1) is 9.72. The summed E-state index contributed by atoms with van der Waals surface area (Å²) in [6.45, 7) is 3.38. The van der Waals surface area contributed by atoms with Crippen molar-refractivity contribution in [3.8, 4) is 0 Å². The van der Waals surface area contributed by atoms with Crippen LogP contribution in [-0.4, -0.2) is 30.3 Å². The predicted octanol–water partition coefficient (Wildman–Crippen LogP) is 2.69. The van der Waals surface area contributed by atoms with E-state index >= 15 is 0 Å². The molecule has 21 heavy (non-hydrogen) atoms. The lowest BCUT2D eigenvalue weighted by Gasteiger charge is -2.09. The molecule has 0 aliphatic rings. The molecule has 0 saturated carbocycles. The molecule has 5 heteroatoms. The van der Waals surface area contributed by atoms with Crippen molar-refractivity contribution in [1.82, 2.24) is 5.32 Å². The van der Waals surface area contributed by atoms with Crippen LogP contribution in [0.4, 0.5) is 0 Å². The number of halogens is 1. The number of nitrogens with two attached hydrogens (primary N) is 1. The van der Waals surface area contributed by atoms with Crippen LogP contribution in [0.5, 0.6) is 0 Å². The Labute approximate surface area is 145 Å². The van der Waals surface area contributed by atoms with Crippen LogP contribution in [-0.2, 0) is 6.42 Å². The van der Waals surface area contributed by atoms with Crippen LogP contribution >= 0.6 is 24.0 Å². The fourth-order valence-electron chi connectivity index (χ4n) is 1.98. The lowest BCUT2D eigenvalue weighted by Crippen LogP contribution is -2.33. The molecule has 0 amide bonds. The first-order valence-electron chi connectivity index (χ1n) is 7.48. The molecule has 4 nitrogen and oxygen atoms in total. The van der Waals surface area contributed by atoms with Crippen molar-refractivity contribution < 1.29 is 5.11 Å². The molecule has 1 rings (SSSR count). The van der Waals surface area contributed by atoms with Gasteiger partial charge in [-0.2, -0.15) is 0 Å². The second kappa shape index (κ2) is 12.9. The number of aliphatic imine (C=N–C) groups is 1. The quantitative estimate of drug-likeness (QED) is 0.256. The molecular formula is C16H28IN3O. The first kappa shape index (κ1) is 20.2. The van der Waals surface area contributed by atoms with Crippen LogP contribution in [0.1, 0.15) is 38.2 Å². The summed E-state index contributed by atoms with van der Waals surface area (Å²) < 4.78 is 0. The third-order valence-corrected chi connectivity index (χ3v) is 3.12. The van der Waals surface area contributed by atoms with E-state index in [1.807, 2.05) is 30.3 Å². The van der Waals surface area contributed by atoms with E-state index in [0.717, 1.165) is 18.5 Å². The lowest BCUT2D eigenvalue weighted by atomic mass is 10.1. The van der Waals surface area contributed by atoms with Gasteiger partial charge in [-0.3, -0.25) is 4.99 Å². The second-order valence-electron chi connectivity index (χ2n) is 5.06. The smallest absolute Gasteiger partial charge is 0.188 e. The average Bonchev–Trinajstić information content (AvgIpc) is 2.46. The van der Waals surface area contributed by atoms with Crippen molar-refractivity contribution in [1.29, 1.82) is 0 Å². The van der Waals surface area contributed by atoms with Crippen molar-refractivity contribution in [3.05, 3.63) is 35.9 Å². The maximum atomic E-state index is 9.90. The molecule has 0 saturated heterocycles. The molecular weight excluding hydrogens is 377 g/mol. The van der Waals surface area contributed by atoms with Gasteiger partial charge in [0.05, 0.1) is 12.6 Å². The Morgan fingerprint density at radius 3 is 2.62 bits per heavy atom. The van der Waals surface area contributed by atoms with Gasteiger partial charge in [0.15, 0.2) is 5.96 Å². The Morgan fingerprint density at radius 1 is 1.24 bits per heavy atom. The zero-order valence-electron chi connectivity index (χ0n) is 12.8. The van der Waals surface area contributed by atoms with E-state index in [1.54, 1.807) is 0 Å². The molecule has 0 aliphatic carbocycles. The van der Waals surface area contributed by atoms with Gasteiger partial charge in [-0.05, 0) is 12.0 Å². The first-order valence-corrected chi connectivity index (χ1v) is 7.48. The highest BCUT2D eigenvalue weighted by Crippen LogP contribution is 2.03. The number of benzene rings is 1. The van der Waals surface area contributed by atoms with Crippen molar-refractivity contribution in [3.63, 3.8) is 0 Å². The van der Waals surface area contributed by atoms with E-state index in [9.17, 15) is 5.11 Å². The van der Waals surface area contributed by atoms with Gasteiger partial charge in [0.1, 0.15) is 0 Å². The number of unbranched alkanes of at least 4 members (excludes halogenated alkanes) is 3. The van der Waals surface area contributed by atoms with Crippen LogP contribution in [0, 0.1) is 0 Å². The summed E-state index contributed by atoms with van der Waals surface area (Å²) in [5, 5.41) is 13.0. The number of aliphatic hydroxyl groups is 1. The van der Waals surface area contributed by atoms with Gasteiger partial charge in [-0.15, -0.1) is 24.0 Å². The van der Waals surface area contributed by atoms with E-state index in [4.69, 9.17) is 5.73 Å². The number of aliphatic hydroxyl groups excluding tert-OH is 1. The van der Waals surface area contributed by atoms with Crippen LogP contribution in [0.3, 0.4) is 0 Å². The molecule has 1 unspecified atom stereocenters. The summed E-state index contributed by atoms with van der Waals surface area (Å²) in [5.74, 6) is 0.425. The van der Waals surface area contributed by atoms with Crippen molar-refractivity contribution >= 4 is 29.9 Å². The van der Waals surface area contributed by atoms with Crippen molar-refractivity contribution in [2.75, 3.05) is 13.1 Å². The van der Waals surface area contributed by atoms with Crippen LogP contribution in [0.15, 0.2) is 35.3 Å². The van der Waals surface area contributed by atoms with Gasteiger partial charge in [0.25, 0.3) is 0 Å². The molecule has 0 spiro atoms. The zero-order chi connectivity index (χ0) is 14.6. The fourth-order valence-corrected chi connectivity index (χ4v) is 1.98. The molecule has 1 atom stereocenters. The molecule has 0 bridgehead atoms. The minimum atomic E-state index is -0.488. The van der Waals surface area contributed by atoms with Crippen LogP contribution in [0.2, 0.25) is 0 Å². The molecule has 4 N–H and O–H groups in total. The molecule has 1 aromatic rings. The Bertz CT molecular complexity index is 384. The third kappa shape index (κ3) is 10.5. The monoisotopic (exact) mass is 405 g/mol. The topological polar surface area (TPSA) is 70.6 Å². The number of rotatable bonds is 9. The van der Waals surface area contributed by atoms with E-state index in [-0.39, 0.29) is 24.0 Å². The molecule has 0 fully saturated rings. The standard InChI is InChI=1S/C16H27N3O.HI/c1-2-3-4-8-11-18-16(17)19-13-15(20)12-14-9-6-5-7-10-14;/h5-7,9-10,15,20H,2-4,8,11-13H2,1H3,(H3,17,18,19);1H. The molecule has 120 valence electrons. The molecule has 1 aromatic carbocycles. The predicted molar refractivity (Wildman–Crippen MR) is 100 cm³/mol. The van der Waals surface area contributed by atoms with Crippen molar-refractivity contribution in [2.24, 2.45) is 10.7 Å². The molecule has 0 radical (unpaired) electrons. The number of nitrogens with one attached hydrogen (secondary N) is 1. The van der Waals surface area contributed by atoms with Gasteiger partial charge < -0.3 is 16.2 Å². The van der Waals surface area contributed by atoms with Crippen molar-refractivity contribution in [2.45, 2.75) is 45.1 Å². The minimum absolute atomic E-state index is 0. The maximum Gasteiger partial charge on any atom is 0.188 e. The normalized spacial score (nSPS) is 12.6. The number of hydrogen-bond donors (Lipinski definition) is 3. The summed E-state index contributed by atoms with van der Waals surface area (Å²) in [6.07, 6.45) is 4.93. The van der Waals surface area contributed by atoms with E-state index < -0.39 is 6.10 Å². The summed E-state index contributed by atoms with van der Waals surface area (Å²) >= 11 is 0. The minimum Gasteiger partial charge on any atom is -0.391 e. The highest BCUT2D eigenvalue weighted by atomic mass is 127. The van der Waals surface area contributed by atoms with Gasteiger partial charge in [0.2, 0.25) is 0 Å². The molecule has 0 heterocycles. The Morgan fingerprint density at radius 2 is 1.95 bits per heavy atom. The maximum absolute atomic E-state index is 9.90. The number of guanidine groups is 1.